The van der Waals surface area contributed by atoms with Crippen LogP contribution in [-0.4, -0.2) is 58.1 Å². The van der Waals surface area contributed by atoms with E-state index in [1.54, 1.807) is 6.07 Å². The van der Waals surface area contributed by atoms with E-state index >= 15 is 0 Å². The monoisotopic (exact) mass is 421 g/mol. The summed E-state index contributed by atoms with van der Waals surface area (Å²) in [4.78, 5) is 14.5. The summed E-state index contributed by atoms with van der Waals surface area (Å²) in [6.45, 7) is 9.86. The first-order valence-electron chi connectivity index (χ1n) is 8.26. The third-order valence-electron chi connectivity index (χ3n) is 4.18. The molecule has 0 saturated carbocycles. The van der Waals surface area contributed by atoms with Crippen LogP contribution >= 0.6 is 11.8 Å². The topological polar surface area (TPSA) is 112 Å². The SMILES string of the molecule is [C-]#[N+]c1c(SC)nc(-c2ccc(OC)c(S(N)(=O)=O)c2)nc1N1CCOCC1. The summed E-state index contributed by atoms with van der Waals surface area (Å²) in [5, 5.41) is 5.84. The number of morpholine rings is 1. The van der Waals surface area contributed by atoms with E-state index in [2.05, 4.69) is 14.8 Å². The highest BCUT2D eigenvalue weighted by atomic mass is 32.2. The zero-order valence-corrected chi connectivity index (χ0v) is 17.0. The number of sulfonamides is 1. The van der Waals surface area contributed by atoms with Gasteiger partial charge in [-0.25, -0.2) is 28.4 Å². The molecule has 2 heterocycles. The molecule has 28 heavy (non-hydrogen) atoms. The van der Waals surface area contributed by atoms with Gasteiger partial charge in [0.05, 0.1) is 26.9 Å². The first-order chi connectivity index (χ1) is 13.4. The Balaban J connectivity index is 2.18. The lowest BCUT2D eigenvalue weighted by Crippen LogP contribution is -2.37. The van der Waals surface area contributed by atoms with Crippen LogP contribution in [0.15, 0.2) is 28.1 Å². The van der Waals surface area contributed by atoms with Crippen molar-refractivity contribution in [3.8, 4) is 17.1 Å². The number of hydrogen-bond acceptors (Lipinski definition) is 8. The molecule has 148 valence electrons. The Morgan fingerprint density at radius 3 is 2.61 bits per heavy atom. The Kier molecular flexibility index (Phi) is 6.04. The Bertz CT molecular complexity index is 1030. The van der Waals surface area contributed by atoms with E-state index in [0.717, 1.165) is 0 Å². The number of benzene rings is 1. The van der Waals surface area contributed by atoms with Gasteiger partial charge in [0.25, 0.3) is 5.69 Å². The van der Waals surface area contributed by atoms with Crippen molar-refractivity contribution in [2.45, 2.75) is 9.92 Å². The van der Waals surface area contributed by atoms with Gasteiger partial charge in [0.15, 0.2) is 5.82 Å². The molecule has 1 aromatic heterocycles. The minimum Gasteiger partial charge on any atom is -0.495 e. The van der Waals surface area contributed by atoms with Crippen LogP contribution in [0.25, 0.3) is 16.2 Å². The number of primary sulfonamides is 1. The van der Waals surface area contributed by atoms with Gasteiger partial charge in [-0.15, -0.1) is 11.8 Å². The zero-order chi connectivity index (χ0) is 20.3. The summed E-state index contributed by atoms with van der Waals surface area (Å²) in [5.41, 5.74) is 0.837. The van der Waals surface area contributed by atoms with Gasteiger partial charge in [-0.05, 0) is 24.5 Å². The lowest BCUT2D eigenvalue weighted by molar-refractivity contribution is 0.122. The molecule has 2 aromatic rings. The molecule has 0 aliphatic carbocycles. The maximum Gasteiger partial charge on any atom is 0.259 e. The van der Waals surface area contributed by atoms with Gasteiger partial charge >= 0.3 is 0 Å². The fourth-order valence-electron chi connectivity index (χ4n) is 2.83. The van der Waals surface area contributed by atoms with Gasteiger partial charge in [-0.2, -0.15) is 0 Å². The van der Waals surface area contributed by atoms with Crippen molar-refractivity contribution in [2.24, 2.45) is 5.14 Å². The Labute approximate surface area is 167 Å². The van der Waals surface area contributed by atoms with E-state index < -0.39 is 10.0 Å². The second-order valence-corrected chi connectivity index (χ2v) is 8.18. The summed E-state index contributed by atoms with van der Waals surface area (Å²) in [5.74, 6) is 0.967. The third kappa shape index (κ3) is 4.05. The Morgan fingerprint density at radius 1 is 1.32 bits per heavy atom. The van der Waals surface area contributed by atoms with Crippen molar-refractivity contribution in [3.05, 3.63) is 29.6 Å². The van der Waals surface area contributed by atoms with E-state index in [4.69, 9.17) is 21.2 Å². The summed E-state index contributed by atoms with van der Waals surface area (Å²) >= 11 is 1.33. The maximum absolute atomic E-state index is 11.9. The number of nitrogens with two attached hydrogens (primary N) is 1. The fourth-order valence-corrected chi connectivity index (χ4v) is 4.06. The van der Waals surface area contributed by atoms with Crippen LogP contribution in [0.1, 0.15) is 0 Å². The molecule has 1 aromatic carbocycles. The molecule has 1 saturated heterocycles. The highest BCUT2D eigenvalue weighted by Crippen LogP contribution is 2.38. The number of nitrogens with zero attached hydrogens (tertiary/aromatic N) is 4. The van der Waals surface area contributed by atoms with Gasteiger partial charge in [-0.1, -0.05) is 0 Å². The molecule has 0 spiro atoms. The average molecular weight is 422 g/mol. The van der Waals surface area contributed by atoms with Crippen LogP contribution < -0.4 is 14.8 Å². The number of rotatable bonds is 5. The predicted octanol–water partition coefficient (Wildman–Crippen LogP) is 1.91. The number of methoxy groups -OCH3 is 1. The number of thioether (sulfide) groups is 1. The summed E-state index contributed by atoms with van der Waals surface area (Å²) in [7, 11) is -2.63. The molecular formula is C17H19N5O4S2. The molecule has 0 atom stereocenters. The normalized spacial score (nSPS) is 14.6. The quantitative estimate of drug-likeness (QED) is 0.443. The van der Waals surface area contributed by atoms with Crippen molar-refractivity contribution in [1.82, 2.24) is 9.97 Å². The average Bonchev–Trinajstić information content (AvgIpc) is 2.72. The van der Waals surface area contributed by atoms with E-state index in [0.29, 0.717) is 54.2 Å². The molecule has 1 aliphatic rings. The van der Waals surface area contributed by atoms with Crippen LogP contribution in [0.2, 0.25) is 0 Å². The van der Waals surface area contributed by atoms with Gasteiger partial charge in [0.1, 0.15) is 21.5 Å². The zero-order valence-electron chi connectivity index (χ0n) is 15.4. The Hall–Kier alpha value is -2.39. The largest absolute Gasteiger partial charge is 0.495 e. The smallest absolute Gasteiger partial charge is 0.259 e. The number of aromatic nitrogens is 2. The van der Waals surface area contributed by atoms with Crippen molar-refractivity contribution in [1.29, 1.82) is 0 Å². The molecule has 0 unspecified atom stereocenters. The lowest BCUT2D eigenvalue weighted by atomic mass is 10.2. The molecule has 1 aliphatic heterocycles. The Morgan fingerprint density at radius 2 is 2.04 bits per heavy atom. The number of hydrogen-bond donors (Lipinski definition) is 1. The molecule has 0 amide bonds. The molecule has 11 heteroatoms. The van der Waals surface area contributed by atoms with E-state index in [9.17, 15) is 8.42 Å². The predicted molar refractivity (Wildman–Crippen MR) is 106 cm³/mol. The maximum atomic E-state index is 11.9. The molecular weight excluding hydrogens is 402 g/mol. The standard InChI is InChI=1S/C17H19N5O4S2/c1-19-14-16(22-6-8-26-9-7-22)20-15(21-17(14)27-3)11-4-5-12(25-2)13(10-11)28(18,23)24/h4-5,10H,6-9H2,2-3H3,(H2,18,23,24). The molecule has 3 rings (SSSR count). The highest BCUT2D eigenvalue weighted by molar-refractivity contribution is 7.98. The second kappa shape index (κ2) is 8.32. The number of anilines is 1. The summed E-state index contributed by atoms with van der Waals surface area (Å²) < 4.78 is 34.3. The van der Waals surface area contributed by atoms with Crippen LogP contribution in [0.5, 0.6) is 5.75 Å². The van der Waals surface area contributed by atoms with Crippen molar-refractivity contribution in [2.75, 3.05) is 44.6 Å². The van der Waals surface area contributed by atoms with Crippen molar-refractivity contribution in [3.63, 3.8) is 0 Å². The number of ether oxygens (including phenoxy) is 2. The van der Waals surface area contributed by atoms with Crippen molar-refractivity contribution < 1.29 is 17.9 Å². The van der Waals surface area contributed by atoms with Gasteiger partial charge in [0, 0.05) is 18.7 Å². The van der Waals surface area contributed by atoms with Crippen LogP contribution in [0.3, 0.4) is 0 Å². The third-order valence-corrected chi connectivity index (χ3v) is 5.78. The van der Waals surface area contributed by atoms with Gasteiger partial charge in [-0.3, -0.25) is 0 Å². The second-order valence-electron chi connectivity index (χ2n) is 5.85. The molecule has 0 radical (unpaired) electrons. The van der Waals surface area contributed by atoms with Crippen LogP contribution in [-0.2, 0) is 14.8 Å². The minimum atomic E-state index is -4.00. The van der Waals surface area contributed by atoms with Crippen LogP contribution in [0, 0.1) is 6.57 Å². The van der Waals surface area contributed by atoms with Gasteiger partial charge in [0.2, 0.25) is 10.0 Å². The molecule has 9 nitrogen and oxygen atoms in total. The first-order valence-corrected chi connectivity index (χ1v) is 11.0. The van der Waals surface area contributed by atoms with E-state index in [1.165, 1.54) is 31.0 Å². The minimum absolute atomic E-state index is 0.141. The van der Waals surface area contributed by atoms with Crippen LogP contribution in [0.4, 0.5) is 11.5 Å². The molecule has 1 fully saturated rings. The fraction of sp³-hybridized carbons (Fsp3) is 0.353. The summed E-state index contributed by atoms with van der Waals surface area (Å²) in [6, 6.07) is 4.55. The lowest BCUT2D eigenvalue weighted by Gasteiger charge is -2.29. The first kappa shape index (κ1) is 20.3. The van der Waals surface area contributed by atoms with E-state index in [-0.39, 0.29) is 10.6 Å². The van der Waals surface area contributed by atoms with Crippen molar-refractivity contribution >= 4 is 33.3 Å². The van der Waals surface area contributed by atoms with Gasteiger partial charge < -0.3 is 14.4 Å². The van der Waals surface area contributed by atoms with E-state index in [1.807, 2.05) is 11.2 Å². The highest BCUT2D eigenvalue weighted by Gasteiger charge is 2.23. The molecule has 2 N–H and O–H groups in total. The molecule has 0 bridgehead atoms. The summed E-state index contributed by atoms with van der Waals surface area (Å²) in [6.07, 6.45) is 1.83.